The highest BCUT2D eigenvalue weighted by Gasteiger charge is 2.19. The van der Waals surface area contributed by atoms with Crippen LogP contribution in [-0.4, -0.2) is 16.9 Å². The molecule has 3 nitrogen and oxygen atoms in total. The van der Waals surface area contributed by atoms with Gasteiger partial charge < -0.3 is 5.32 Å². The van der Waals surface area contributed by atoms with Gasteiger partial charge in [0, 0.05) is 12.2 Å². The van der Waals surface area contributed by atoms with Crippen LogP contribution in [-0.2, 0) is 5.41 Å². The number of rotatable bonds is 2. The third-order valence-electron chi connectivity index (χ3n) is 2.34. The van der Waals surface area contributed by atoms with Crippen LogP contribution in [0.5, 0.6) is 0 Å². The van der Waals surface area contributed by atoms with Gasteiger partial charge in [-0.25, -0.2) is 9.37 Å². The standard InChI is InChI=1S/C13H19FN2O/c1-8(2)16-12(17)11-10(14)6-9(7-15-11)13(3,4)5/h6-8H,1-5H3,(H,16,17). The van der Waals surface area contributed by atoms with Crippen LogP contribution < -0.4 is 5.32 Å². The van der Waals surface area contributed by atoms with E-state index in [2.05, 4.69) is 10.3 Å². The molecule has 1 aromatic rings. The number of nitrogens with zero attached hydrogens (tertiary/aromatic N) is 1. The van der Waals surface area contributed by atoms with Crippen LogP contribution in [0.15, 0.2) is 12.3 Å². The summed E-state index contributed by atoms with van der Waals surface area (Å²) in [4.78, 5) is 15.5. The Balaban J connectivity index is 3.02. The minimum Gasteiger partial charge on any atom is -0.348 e. The Bertz CT molecular complexity index is 422. The van der Waals surface area contributed by atoms with Crippen molar-refractivity contribution >= 4 is 5.91 Å². The molecule has 0 bridgehead atoms. The van der Waals surface area contributed by atoms with Crippen LogP contribution in [0.4, 0.5) is 4.39 Å². The lowest BCUT2D eigenvalue weighted by atomic mass is 9.88. The molecule has 0 saturated heterocycles. The van der Waals surface area contributed by atoms with E-state index in [4.69, 9.17) is 0 Å². The smallest absolute Gasteiger partial charge is 0.273 e. The Hall–Kier alpha value is -1.45. The maximum Gasteiger partial charge on any atom is 0.273 e. The van der Waals surface area contributed by atoms with Crippen molar-refractivity contribution in [2.75, 3.05) is 0 Å². The van der Waals surface area contributed by atoms with Gasteiger partial charge in [-0.1, -0.05) is 20.8 Å². The molecule has 1 aromatic heterocycles. The quantitative estimate of drug-likeness (QED) is 0.860. The number of pyridine rings is 1. The van der Waals surface area contributed by atoms with Gasteiger partial charge in [0.25, 0.3) is 5.91 Å². The molecule has 0 fully saturated rings. The number of hydrogen-bond donors (Lipinski definition) is 1. The van der Waals surface area contributed by atoms with Crippen LogP contribution in [0.25, 0.3) is 0 Å². The van der Waals surface area contributed by atoms with E-state index in [0.717, 1.165) is 5.56 Å². The van der Waals surface area contributed by atoms with E-state index >= 15 is 0 Å². The predicted octanol–water partition coefficient (Wildman–Crippen LogP) is 2.66. The highest BCUT2D eigenvalue weighted by Crippen LogP contribution is 2.22. The van der Waals surface area contributed by atoms with Gasteiger partial charge in [-0.05, 0) is 30.9 Å². The van der Waals surface area contributed by atoms with Crippen molar-refractivity contribution in [1.29, 1.82) is 0 Å². The molecule has 17 heavy (non-hydrogen) atoms. The summed E-state index contributed by atoms with van der Waals surface area (Å²) in [5, 5.41) is 2.62. The van der Waals surface area contributed by atoms with Gasteiger partial charge in [-0.2, -0.15) is 0 Å². The first-order valence-corrected chi connectivity index (χ1v) is 5.68. The summed E-state index contributed by atoms with van der Waals surface area (Å²) in [6.07, 6.45) is 1.55. The maximum atomic E-state index is 13.8. The van der Waals surface area contributed by atoms with Crippen molar-refractivity contribution in [3.05, 3.63) is 29.3 Å². The van der Waals surface area contributed by atoms with Crippen LogP contribution >= 0.6 is 0 Å². The highest BCUT2D eigenvalue weighted by atomic mass is 19.1. The lowest BCUT2D eigenvalue weighted by Gasteiger charge is -2.19. The molecule has 0 saturated carbocycles. The second-order valence-corrected chi connectivity index (χ2v) is 5.43. The zero-order valence-corrected chi connectivity index (χ0v) is 11.0. The average molecular weight is 238 g/mol. The van der Waals surface area contributed by atoms with Gasteiger partial charge >= 0.3 is 0 Å². The molecule has 1 rings (SSSR count). The van der Waals surface area contributed by atoms with Crippen LogP contribution in [0, 0.1) is 5.82 Å². The monoisotopic (exact) mass is 238 g/mol. The molecular formula is C13H19FN2O. The normalized spacial score (nSPS) is 11.7. The molecule has 94 valence electrons. The first kappa shape index (κ1) is 13.6. The molecule has 1 heterocycles. The Labute approximate surface area is 101 Å². The second kappa shape index (κ2) is 4.82. The first-order chi connectivity index (χ1) is 7.71. The number of amides is 1. The molecule has 0 aliphatic heterocycles. The molecule has 4 heteroatoms. The first-order valence-electron chi connectivity index (χ1n) is 5.68. The summed E-state index contributed by atoms with van der Waals surface area (Å²) in [5.74, 6) is -1.05. The molecule has 0 atom stereocenters. The van der Waals surface area contributed by atoms with E-state index in [0.29, 0.717) is 0 Å². The summed E-state index contributed by atoms with van der Waals surface area (Å²) in [7, 11) is 0. The van der Waals surface area contributed by atoms with E-state index in [1.807, 2.05) is 34.6 Å². The number of carbonyl (C=O) groups excluding carboxylic acids is 1. The van der Waals surface area contributed by atoms with Gasteiger partial charge in [0.05, 0.1) is 0 Å². The van der Waals surface area contributed by atoms with Crippen molar-refractivity contribution in [3.8, 4) is 0 Å². The fourth-order valence-electron chi connectivity index (χ4n) is 1.35. The summed E-state index contributed by atoms with van der Waals surface area (Å²) in [5.41, 5.74) is 0.448. The zero-order valence-electron chi connectivity index (χ0n) is 11.0. The largest absolute Gasteiger partial charge is 0.348 e. The van der Waals surface area contributed by atoms with E-state index in [9.17, 15) is 9.18 Å². The van der Waals surface area contributed by atoms with Crippen molar-refractivity contribution in [2.45, 2.75) is 46.1 Å². The molecule has 1 amide bonds. The highest BCUT2D eigenvalue weighted by molar-refractivity contribution is 5.92. The summed E-state index contributed by atoms with van der Waals surface area (Å²) in [6, 6.07) is 1.34. The number of aromatic nitrogens is 1. The SMILES string of the molecule is CC(C)NC(=O)c1ncc(C(C)(C)C)cc1F. The molecule has 0 aliphatic rings. The fraction of sp³-hybridized carbons (Fsp3) is 0.538. The van der Waals surface area contributed by atoms with Crippen molar-refractivity contribution in [2.24, 2.45) is 0 Å². The molecule has 0 spiro atoms. The lowest BCUT2D eigenvalue weighted by molar-refractivity contribution is 0.0933. The number of nitrogens with one attached hydrogen (secondary N) is 1. The second-order valence-electron chi connectivity index (χ2n) is 5.43. The number of carbonyl (C=O) groups is 1. The Morgan fingerprint density at radius 2 is 2.00 bits per heavy atom. The van der Waals surface area contributed by atoms with Crippen LogP contribution in [0.3, 0.4) is 0 Å². The molecule has 1 N–H and O–H groups in total. The van der Waals surface area contributed by atoms with Crippen LogP contribution in [0.1, 0.15) is 50.7 Å². The molecule has 0 aromatic carbocycles. The molecule has 0 radical (unpaired) electrons. The number of halogens is 1. The maximum absolute atomic E-state index is 13.8. The zero-order chi connectivity index (χ0) is 13.2. The fourth-order valence-corrected chi connectivity index (χ4v) is 1.35. The van der Waals surface area contributed by atoms with Crippen molar-refractivity contribution in [1.82, 2.24) is 10.3 Å². The van der Waals surface area contributed by atoms with E-state index < -0.39 is 11.7 Å². The summed E-state index contributed by atoms with van der Waals surface area (Å²) in [6.45, 7) is 9.55. The third kappa shape index (κ3) is 3.51. The predicted molar refractivity (Wildman–Crippen MR) is 65.5 cm³/mol. The molecule has 0 unspecified atom stereocenters. The van der Waals surface area contributed by atoms with Gasteiger partial charge in [-0.3, -0.25) is 4.79 Å². The van der Waals surface area contributed by atoms with Gasteiger partial charge in [-0.15, -0.1) is 0 Å². The van der Waals surface area contributed by atoms with Gasteiger partial charge in [0.1, 0.15) is 0 Å². The third-order valence-corrected chi connectivity index (χ3v) is 2.34. The Morgan fingerprint density at radius 1 is 1.41 bits per heavy atom. The Morgan fingerprint density at radius 3 is 2.41 bits per heavy atom. The van der Waals surface area contributed by atoms with Crippen molar-refractivity contribution in [3.63, 3.8) is 0 Å². The van der Waals surface area contributed by atoms with E-state index in [1.54, 1.807) is 6.20 Å². The summed E-state index contributed by atoms with van der Waals surface area (Å²) >= 11 is 0. The molecular weight excluding hydrogens is 219 g/mol. The van der Waals surface area contributed by atoms with E-state index in [1.165, 1.54) is 6.07 Å². The van der Waals surface area contributed by atoms with Crippen molar-refractivity contribution < 1.29 is 9.18 Å². The van der Waals surface area contributed by atoms with Crippen LogP contribution in [0.2, 0.25) is 0 Å². The number of hydrogen-bond acceptors (Lipinski definition) is 2. The topological polar surface area (TPSA) is 42.0 Å². The minimum atomic E-state index is -0.574. The van der Waals surface area contributed by atoms with Gasteiger partial charge in [0.2, 0.25) is 0 Å². The minimum absolute atomic E-state index is 0.0361. The van der Waals surface area contributed by atoms with E-state index in [-0.39, 0.29) is 17.2 Å². The summed E-state index contributed by atoms with van der Waals surface area (Å²) < 4.78 is 13.8. The lowest BCUT2D eigenvalue weighted by Crippen LogP contribution is -2.31. The molecule has 0 aliphatic carbocycles. The Kier molecular flexibility index (Phi) is 3.86. The van der Waals surface area contributed by atoms with Gasteiger partial charge in [0.15, 0.2) is 11.5 Å². The average Bonchev–Trinajstić information content (AvgIpc) is 2.14.